The highest BCUT2D eigenvalue weighted by Gasteiger charge is 2.03. The molecule has 1 aromatic carbocycles. The summed E-state index contributed by atoms with van der Waals surface area (Å²) in [5, 5.41) is 1.06. The van der Waals surface area contributed by atoms with E-state index in [2.05, 4.69) is 65.1 Å². The average molecular weight is 294 g/mol. The Labute approximate surface area is 108 Å². The highest BCUT2D eigenvalue weighted by molar-refractivity contribution is 9.10. The van der Waals surface area contributed by atoms with E-state index in [1.165, 1.54) is 16.0 Å². The van der Waals surface area contributed by atoms with Crippen LogP contribution in [0.3, 0.4) is 0 Å². The smallest absolute Gasteiger partial charge is 0.104 e. The van der Waals surface area contributed by atoms with Crippen molar-refractivity contribution in [3.63, 3.8) is 0 Å². The van der Waals surface area contributed by atoms with E-state index in [1.807, 2.05) is 6.20 Å². The Bertz CT molecular complexity index is 494. The van der Waals surface area contributed by atoms with E-state index in [0.29, 0.717) is 0 Å². The molecule has 0 aliphatic heterocycles. The molecule has 2 aromatic rings. The molecule has 0 aliphatic carbocycles. The molecular formula is C13H12BrNS. The molecule has 16 heavy (non-hydrogen) atoms. The van der Waals surface area contributed by atoms with Gasteiger partial charge in [-0.3, -0.25) is 0 Å². The normalized spacial score (nSPS) is 10.4. The van der Waals surface area contributed by atoms with Gasteiger partial charge in [-0.15, -0.1) is 0 Å². The first-order valence-corrected chi connectivity index (χ1v) is 6.63. The number of benzene rings is 1. The average Bonchev–Trinajstić information content (AvgIpc) is 2.25. The molecule has 1 heterocycles. The second-order valence-corrected chi connectivity index (χ2v) is 5.67. The van der Waals surface area contributed by atoms with Crippen LogP contribution >= 0.6 is 27.7 Å². The zero-order valence-corrected chi connectivity index (χ0v) is 11.6. The molecule has 3 heteroatoms. The van der Waals surface area contributed by atoms with Gasteiger partial charge in [-0.2, -0.15) is 0 Å². The minimum absolute atomic E-state index is 1.03. The Morgan fingerprint density at radius 3 is 2.44 bits per heavy atom. The molecule has 0 atom stereocenters. The molecule has 0 saturated carbocycles. The molecule has 2 rings (SSSR count). The number of hydrogen-bond acceptors (Lipinski definition) is 2. The van der Waals surface area contributed by atoms with Crippen LogP contribution < -0.4 is 0 Å². The molecule has 0 amide bonds. The number of aromatic nitrogens is 1. The fraction of sp³-hybridized carbons (Fsp3) is 0.154. The summed E-state index contributed by atoms with van der Waals surface area (Å²) in [6.45, 7) is 4.17. The zero-order chi connectivity index (χ0) is 11.5. The highest BCUT2D eigenvalue weighted by Crippen LogP contribution is 2.29. The van der Waals surface area contributed by atoms with Gasteiger partial charge in [-0.05, 0) is 53.5 Å². The molecule has 0 aliphatic rings. The molecule has 0 saturated heterocycles. The van der Waals surface area contributed by atoms with Crippen LogP contribution in [-0.2, 0) is 0 Å². The van der Waals surface area contributed by atoms with Gasteiger partial charge in [-0.25, -0.2) is 4.98 Å². The van der Waals surface area contributed by atoms with Crippen molar-refractivity contribution in [1.82, 2.24) is 4.98 Å². The Hall–Kier alpha value is -0.800. The van der Waals surface area contributed by atoms with Crippen LogP contribution in [0.15, 0.2) is 50.9 Å². The zero-order valence-electron chi connectivity index (χ0n) is 9.20. The van der Waals surface area contributed by atoms with Gasteiger partial charge in [-0.1, -0.05) is 29.5 Å². The molecule has 0 N–H and O–H groups in total. The van der Waals surface area contributed by atoms with Crippen molar-refractivity contribution in [2.24, 2.45) is 0 Å². The molecular weight excluding hydrogens is 282 g/mol. The van der Waals surface area contributed by atoms with Gasteiger partial charge in [0.25, 0.3) is 0 Å². The molecule has 0 unspecified atom stereocenters. The molecule has 1 nitrogen and oxygen atoms in total. The third kappa shape index (κ3) is 2.86. The van der Waals surface area contributed by atoms with Gasteiger partial charge in [0.2, 0.25) is 0 Å². The minimum atomic E-state index is 1.03. The van der Waals surface area contributed by atoms with E-state index < -0.39 is 0 Å². The van der Waals surface area contributed by atoms with E-state index >= 15 is 0 Å². The second kappa shape index (κ2) is 5.02. The summed E-state index contributed by atoms with van der Waals surface area (Å²) < 4.78 is 1.03. The summed E-state index contributed by atoms with van der Waals surface area (Å²) in [6.07, 6.45) is 1.84. The van der Waals surface area contributed by atoms with Crippen molar-refractivity contribution in [2.45, 2.75) is 23.8 Å². The van der Waals surface area contributed by atoms with Crippen LogP contribution in [0.4, 0.5) is 0 Å². The lowest BCUT2D eigenvalue weighted by molar-refractivity contribution is 1.07. The van der Waals surface area contributed by atoms with Crippen molar-refractivity contribution in [3.05, 3.63) is 52.1 Å². The topological polar surface area (TPSA) is 12.9 Å². The van der Waals surface area contributed by atoms with Gasteiger partial charge >= 0.3 is 0 Å². The lowest BCUT2D eigenvalue weighted by atomic mass is 10.2. The van der Waals surface area contributed by atoms with Crippen LogP contribution in [0, 0.1) is 13.8 Å². The van der Waals surface area contributed by atoms with Crippen molar-refractivity contribution >= 4 is 27.7 Å². The van der Waals surface area contributed by atoms with Crippen LogP contribution in [0.5, 0.6) is 0 Å². The Balaban J connectivity index is 2.23. The van der Waals surface area contributed by atoms with E-state index in [0.717, 1.165) is 9.50 Å². The van der Waals surface area contributed by atoms with E-state index in [9.17, 15) is 0 Å². The van der Waals surface area contributed by atoms with E-state index in [1.54, 1.807) is 11.8 Å². The van der Waals surface area contributed by atoms with Crippen LogP contribution in [-0.4, -0.2) is 4.98 Å². The maximum Gasteiger partial charge on any atom is 0.104 e. The summed E-state index contributed by atoms with van der Waals surface area (Å²) in [7, 11) is 0. The molecule has 0 radical (unpaired) electrons. The number of halogens is 1. The van der Waals surface area contributed by atoms with Crippen molar-refractivity contribution in [3.8, 4) is 0 Å². The maximum atomic E-state index is 4.41. The monoisotopic (exact) mass is 293 g/mol. The number of pyridine rings is 1. The van der Waals surface area contributed by atoms with Gasteiger partial charge < -0.3 is 0 Å². The Kier molecular flexibility index (Phi) is 3.66. The standard InChI is InChI=1S/C13H12BrNS/c1-9-3-5-12(6-4-9)16-13-10(2)7-11(14)8-15-13/h3-8H,1-2H3. The molecule has 82 valence electrons. The van der Waals surface area contributed by atoms with Crippen LogP contribution in [0.1, 0.15) is 11.1 Å². The van der Waals surface area contributed by atoms with Gasteiger partial charge in [0.1, 0.15) is 5.03 Å². The van der Waals surface area contributed by atoms with Crippen LogP contribution in [0.2, 0.25) is 0 Å². The first-order chi connectivity index (χ1) is 7.65. The van der Waals surface area contributed by atoms with Gasteiger partial charge in [0, 0.05) is 15.6 Å². The largest absolute Gasteiger partial charge is 0.248 e. The van der Waals surface area contributed by atoms with Crippen molar-refractivity contribution < 1.29 is 0 Å². The SMILES string of the molecule is Cc1ccc(Sc2ncc(Br)cc2C)cc1. The summed E-state index contributed by atoms with van der Waals surface area (Å²) >= 11 is 5.12. The molecule has 0 spiro atoms. The van der Waals surface area contributed by atoms with Crippen molar-refractivity contribution in [1.29, 1.82) is 0 Å². The van der Waals surface area contributed by atoms with Gasteiger partial charge in [0.15, 0.2) is 0 Å². The number of rotatable bonds is 2. The summed E-state index contributed by atoms with van der Waals surface area (Å²) in [5.41, 5.74) is 2.48. The maximum absolute atomic E-state index is 4.41. The fourth-order valence-corrected chi connectivity index (χ4v) is 2.62. The number of hydrogen-bond donors (Lipinski definition) is 0. The highest BCUT2D eigenvalue weighted by atomic mass is 79.9. The fourth-order valence-electron chi connectivity index (χ4n) is 1.35. The summed E-state index contributed by atoms with van der Waals surface area (Å²) in [6, 6.07) is 10.6. The first-order valence-electron chi connectivity index (χ1n) is 5.02. The lowest BCUT2D eigenvalue weighted by Gasteiger charge is -2.05. The third-order valence-corrected chi connectivity index (χ3v) is 3.79. The summed E-state index contributed by atoms with van der Waals surface area (Å²) in [5.74, 6) is 0. The first kappa shape index (κ1) is 11.7. The minimum Gasteiger partial charge on any atom is -0.248 e. The predicted octanol–water partition coefficient (Wildman–Crippen LogP) is 4.61. The quantitative estimate of drug-likeness (QED) is 0.802. The molecule has 0 fully saturated rings. The summed E-state index contributed by atoms with van der Waals surface area (Å²) in [4.78, 5) is 5.64. The van der Waals surface area contributed by atoms with E-state index in [-0.39, 0.29) is 0 Å². The third-order valence-electron chi connectivity index (χ3n) is 2.23. The van der Waals surface area contributed by atoms with Crippen LogP contribution in [0.25, 0.3) is 0 Å². The predicted molar refractivity (Wildman–Crippen MR) is 72.0 cm³/mol. The van der Waals surface area contributed by atoms with Crippen molar-refractivity contribution in [2.75, 3.05) is 0 Å². The van der Waals surface area contributed by atoms with Gasteiger partial charge in [0.05, 0.1) is 0 Å². The van der Waals surface area contributed by atoms with E-state index in [4.69, 9.17) is 0 Å². The second-order valence-electron chi connectivity index (χ2n) is 3.69. The number of nitrogens with zero attached hydrogens (tertiary/aromatic N) is 1. The molecule has 1 aromatic heterocycles. The Morgan fingerprint density at radius 1 is 1.12 bits per heavy atom. The Morgan fingerprint density at radius 2 is 1.81 bits per heavy atom. The lowest BCUT2D eigenvalue weighted by Crippen LogP contribution is -1.85. The number of aryl methyl sites for hydroxylation is 2. The molecule has 0 bridgehead atoms.